The molecular formula is C30H34N2O5S. The van der Waals surface area contributed by atoms with Gasteiger partial charge in [0.1, 0.15) is 10.8 Å². The molecule has 1 aromatic heterocycles. The van der Waals surface area contributed by atoms with Gasteiger partial charge in [-0.2, -0.15) is 0 Å². The summed E-state index contributed by atoms with van der Waals surface area (Å²) in [5.74, 6) is -0.486. The Hall–Kier alpha value is -3.65. The first kappa shape index (κ1) is 27.4. The molecule has 1 unspecified atom stereocenters. The molecule has 2 aromatic carbocycles. The highest BCUT2D eigenvalue weighted by Gasteiger charge is 2.27. The second kappa shape index (κ2) is 12.3. The molecule has 1 heterocycles. The molecule has 0 saturated carbocycles. The van der Waals surface area contributed by atoms with Gasteiger partial charge in [-0.15, -0.1) is 11.3 Å². The van der Waals surface area contributed by atoms with Crippen LogP contribution in [-0.4, -0.2) is 30.5 Å². The number of benzene rings is 2. The van der Waals surface area contributed by atoms with E-state index in [1.807, 2.05) is 32.0 Å². The van der Waals surface area contributed by atoms with Crippen molar-refractivity contribution in [1.82, 2.24) is 0 Å². The molecule has 200 valence electrons. The van der Waals surface area contributed by atoms with E-state index < -0.39 is 12.1 Å². The molecule has 2 amide bonds. The van der Waals surface area contributed by atoms with Crippen LogP contribution < -0.4 is 15.4 Å². The summed E-state index contributed by atoms with van der Waals surface area (Å²) in [5.41, 5.74) is 4.79. The molecule has 0 fully saturated rings. The molecule has 0 bridgehead atoms. The zero-order valence-corrected chi connectivity index (χ0v) is 23.1. The Bertz CT molecular complexity index is 1330. The van der Waals surface area contributed by atoms with Gasteiger partial charge in [-0.05, 0) is 93.8 Å². The maximum Gasteiger partial charge on any atom is 0.341 e. The molecular weight excluding hydrogens is 500 g/mol. The standard InChI is InChI=1S/C30H34N2O5S/c1-5-20-11-9-10-18(3)26(20)31-27(33)19(4)37-22-16-14-21(15-17-22)28(34)32-29-25(30(35)36-6-2)23-12-7-8-13-24(23)38-29/h9-11,14-17,19H,5-8,12-13H2,1-4H3,(H,31,33)(H,32,34). The van der Waals surface area contributed by atoms with E-state index in [-0.39, 0.29) is 18.4 Å². The van der Waals surface area contributed by atoms with Crippen molar-refractivity contribution in [3.05, 3.63) is 75.2 Å². The van der Waals surface area contributed by atoms with Crippen molar-refractivity contribution in [2.24, 2.45) is 0 Å². The summed E-state index contributed by atoms with van der Waals surface area (Å²) in [6.45, 7) is 7.75. The molecule has 1 atom stereocenters. The third-order valence-electron chi connectivity index (χ3n) is 6.66. The average molecular weight is 535 g/mol. The summed E-state index contributed by atoms with van der Waals surface area (Å²) in [6, 6.07) is 12.5. The van der Waals surface area contributed by atoms with E-state index in [2.05, 4.69) is 10.6 Å². The van der Waals surface area contributed by atoms with Gasteiger partial charge in [0.15, 0.2) is 6.10 Å². The van der Waals surface area contributed by atoms with Crippen molar-refractivity contribution in [2.75, 3.05) is 17.2 Å². The van der Waals surface area contributed by atoms with E-state index in [9.17, 15) is 14.4 Å². The third-order valence-corrected chi connectivity index (χ3v) is 7.87. The SMILES string of the molecule is CCOC(=O)c1c(NC(=O)c2ccc(OC(C)C(=O)Nc3c(C)cccc3CC)cc2)sc2c1CCCC2. The van der Waals surface area contributed by atoms with Gasteiger partial charge in [0, 0.05) is 16.1 Å². The molecule has 1 aliphatic carbocycles. The van der Waals surface area contributed by atoms with Crippen LogP contribution in [0.25, 0.3) is 0 Å². The van der Waals surface area contributed by atoms with Gasteiger partial charge in [0.2, 0.25) is 0 Å². The van der Waals surface area contributed by atoms with E-state index in [0.29, 0.717) is 21.9 Å². The quantitative estimate of drug-likeness (QED) is 0.313. The number of anilines is 2. The number of carbonyl (C=O) groups excluding carboxylic acids is 3. The van der Waals surface area contributed by atoms with Gasteiger partial charge in [-0.1, -0.05) is 25.1 Å². The lowest BCUT2D eigenvalue weighted by Gasteiger charge is -2.18. The minimum atomic E-state index is -0.733. The molecule has 8 heteroatoms. The van der Waals surface area contributed by atoms with E-state index in [1.165, 1.54) is 11.3 Å². The topological polar surface area (TPSA) is 93.7 Å². The minimum Gasteiger partial charge on any atom is -0.481 e. The van der Waals surface area contributed by atoms with E-state index >= 15 is 0 Å². The number of rotatable bonds is 9. The number of hydrogen-bond donors (Lipinski definition) is 2. The zero-order valence-electron chi connectivity index (χ0n) is 22.3. The minimum absolute atomic E-state index is 0.246. The molecule has 4 rings (SSSR count). The van der Waals surface area contributed by atoms with Crippen LogP contribution >= 0.6 is 11.3 Å². The Morgan fingerprint density at radius 3 is 2.45 bits per heavy atom. The van der Waals surface area contributed by atoms with Crippen LogP contribution in [0.3, 0.4) is 0 Å². The predicted molar refractivity (Wildman–Crippen MR) is 151 cm³/mol. The van der Waals surface area contributed by atoms with Crippen molar-refractivity contribution in [2.45, 2.75) is 65.9 Å². The van der Waals surface area contributed by atoms with Gasteiger partial charge in [-0.25, -0.2) is 4.79 Å². The van der Waals surface area contributed by atoms with Crippen LogP contribution in [0, 0.1) is 6.92 Å². The van der Waals surface area contributed by atoms with Crippen molar-refractivity contribution in [1.29, 1.82) is 0 Å². The van der Waals surface area contributed by atoms with Crippen LogP contribution in [0.15, 0.2) is 42.5 Å². The summed E-state index contributed by atoms with van der Waals surface area (Å²) < 4.78 is 11.1. The van der Waals surface area contributed by atoms with Crippen LogP contribution in [0.2, 0.25) is 0 Å². The summed E-state index contributed by atoms with van der Waals surface area (Å²) in [5, 5.41) is 6.44. The van der Waals surface area contributed by atoms with Crippen LogP contribution in [-0.2, 0) is 28.8 Å². The normalized spacial score (nSPS) is 13.3. The first-order chi connectivity index (χ1) is 18.3. The molecule has 0 radical (unpaired) electrons. The first-order valence-corrected chi connectivity index (χ1v) is 13.9. The molecule has 38 heavy (non-hydrogen) atoms. The molecule has 1 aliphatic rings. The van der Waals surface area contributed by atoms with Crippen LogP contribution in [0.4, 0.5) is 10.7 Å². The number of ether oxygens (including phenoxy) is 2. The molecule has 0 saturated heterocycles. The number of amides is 2. The molecule has 0 aliphatic heterocycles. The molecule has 0 spiro atoms. The lowest BCUT2D eigenvalue weighted by Crippen LogP contribution is -2.30. The number of hydrogen-bond acceptors (Lipinski definition) is 6. The van der Waals surface area contributed by atoms with Crippen molar-refractivity contribution < 1.29 is 23.9 Å². The average Bonchev–Trinajstić information content (AvgIpc) is 3.28. The molecule has 7 nitrogen and oxygen atoms in total. The number of esters is 1. The number of para-hydroxylation sites is 1. The highest BCUT2D eigenvalue weighted by atomic mass is 32.1. The fourth-order valence-corrected chi connectivity index (χ4v) is 5.89. The Balaban J connectivity index is 1.42. The van der Waals surface area contributed by atoms with Crippen molar-refractivity contribution >= 4 is 39.8 Å². The van der Waals surface area contributed by atoms with Gasteiger partial charge < -0.3 is 20.1 Å². The summed E-state index contributed by atoms with van der Waals surface area (Å²) in [7, 11) is 0. The Kier molecular flexibility index (Phi) is 8.84. The predicted octanol–water partition coefficient (Wildman–Crippen LogP) is 6.33. The van der Waals surface area contributed by atoms with Crippen molar-refractivity contribution in [3.63, 3.8) is 0 Å². The lowest BCUT2D eigenvalue weighted by molar-refractivity contribution is -0.122. The number of aryl methyl sites for hydroxylation is 3. The Morgan fingerprint density at radius 2 is 1.74 bits per heavy atom. The van der Waals surface area contributed by atoms with E-state index in [1.54, 1.807) is 38.1 Å². The maximum absolute atomic E-state index is 13.0. The van der Waals surface area contributed by atoms with Crippen LogP contribution in [0.5, 0.6) is 5.75 Å². The largest absolute Gasteiger partial charge is 0.481 e. The number of fused-ring (bicyclic) bond motifs is 1. The van der Waals surface area contributed by atoms with E-state index in [0.717, 1.165) is 59.4 Å². The molecule has 3 aromatic rings. The zero-order chi connectivity index (χ0) is 27.2. The third kappa shape index (κ3) is 6.07. The van der Waals surface area contributed by atoms with Gasteiger partial charge in [-0.3, -0.25) is 9.59 Å². The first-order valence-electron chi connectivity index (χ1n) is 13.1. The second-order valence-corrected chi connectivity index (χ2v) is 10.4. The highest BCUT2D eigenvalue weighted by Crippen LogP contribution is 2.39. The number of thiophene rings is 1. The summed E-state index contributed by atoms with van der Waals surface area (Å²) in [6.07, 6.45) is 3.90. The maximum atomic E-state index is 13.0. The number of carbonyl (C=O) groups is 3. The fraction of sp³-hybridized carbons (Fsp3) is 0.367. The van der Waals surface area contributed by atoms with Gasteiger partial charge in [0.05, 0.1) is 12.2 Å². The summed E-state index contributed by atoms with van der Waals surface area (Å²) in [4.78, 5) is 39.6. The second-order valence-electron chi connectivity index (χ2n) is 9.33. The van der Waals surface area contributed by atoms with Crippen molar-refractivity contribution in [3.8, 4) is 5.75 Å². The summed E-state index contributed by atoms with van der Waals surface area (Å²) >= 11 is 1.46. The fourth-order valence-electron chi connectivity index (χ4n) is 4.62. The monoisotopic (exact) mass is 534 g/mol. The highest BCUT2D eigenvalue weighted by molar-refractivity contribution is 7.17. The Labute approximate surface area is 227 Å². The number of nitrogens with one attached hydrogen (secondary N) is 2. The van der Waals surface area contributed by atoms with Gasteiger partial charge >= 0.3 is 5.97 Å². The lowest BCUT2D eigenvalue weighted by atomic mass is 9.95. The Morgan fingerprint density at radius 1 is 1.00 bits per heavy atom. The van der Waals surface area contributed by atoms with E-state index in [4.69, 9.17) is 9.47 Å². The molecule has 2 N–H and O–H groups in total. The van der Waals surface area contributed by atoms with Gasteiger partial charge in [0.25, 0.3) is 11.8 Å². The van der Waals surface area contributed by atoms with Crippen LogP contribution in [0.1, 0.15) is 75.9 Å². The smallest absolute Gasteiger partial charge is 0.341 e.